The monoisotopic (exact) mass is 339 g/mol. The molecule has 0 atom stereocenters. The van der Waals surface area contributed by atoms with Gasteiger partial charge in [-0.05, 0) is 46.9 Å². The fourth-order valence-corrected chi connectivity index (χ4v) is 3.69. The summed E-state index contributed by atoms with van der Waals surface area (Å²) in [5, 5.41) is 6.39. The highest BCUT2D eigenvalue weighted by molar-refractivity contribution is 7.17. The van der Waals surface area contributed by atoms with Crippen LogP contribution in [0.25, 0.3) is 10.1 Å². The fourth-order valence-electron chi connectivity index (χ4n) is 2.69. The predicted octanol–water partition coefficient (Wildman–Crippen LogP) is 4.20. The number of amides is 1. The minimum absolute atomic E-state index is 0.0569. The van der Waals surface area contributed by atoms with E-state index in [1.807, 2.05) is 24.3 Å². The lowest BCUT2D eigenvalue weighted by molar-refractivity contribution is -0.123. The quantitative estimate of drug-likeness (QED) is 0.700. The number of aryl methyl sites for hydroxylation is 1. The second-order valence-electron chi connectivity index (χ2n) is 5.61. The van der Waals surface area contributed by atoms with Crippen LogP contribution in [-0.4, -0.2) is 19.1 Å². The van der Waals surface area contributed by atoms with E-state index in [4.69, 9.17) is 4.74 Å². The molecule has 0 radical (unpaired) electrons. The van der Waals surface area contributed by atoms with Gasteiger partial charge in [0.05, 0.1) is 0 Å². The van der Waals surface area contributed by atoms with Gasteiger partial charge in [0.15, 0.2) is 6.61 Å². The first-order valence-corrected chi connectivity index (χ1v) is 9.08. The molecule has 3 rings (SSSR count). The summed E-state index contributed by atoms with van der Waals surface area (Å²) in [5.41, 5.74) is 2.41. The van der Waals surface area contributed by atoms with E-state index in [-0.39, 0.29) is 12.5 Å². The molecule has 24 heavy (non-hydrogen) atoms. The first kappa shape index (κ1) is 16.5. The van der Waals surface area contributed by atoms with Crippen LogP contribution in [-0.2, 0) is 17.6 Å². The normalized spacial score (nSPS) is 10.7. The molecular weight excluding hydrogens is 318 g/mol. The molecule has 3 nitrogen and oxygen atoms in total. The van der Waals surface area contributed by atoms with Gasteiger partial charge in [-0.25, -0.2) is 0 Å². The summed E-state index contributed by atoms with van der Waals surface area (Å²) in [4.78, 5) is 12.0. The molecule has 0 bridgehead atoms. The van der Waals surface area contributed by atoms with Gasteiger partial charge in [-0.2, -0.15) is 0 Å². The maximum absolute atomic E-state index is 12.0. The Balaban J connectivity index is 1.47. The van der Waals surface area contributed by atoms with Crippen LogP contribution in [0.4, 0.5) is 0 Å². The molecule has 2 aromatic carbocycles. The number of fused-ring (bicyclic) bond motifs is 1. The Morgan fingerprint density at radius 1 is 1.08 bits per heavy atom. The highest BCUT2D eigenvalue weighted by Crippen LogP contribution is 2.25. The van der Waals surface area contributed by atoms with E-state index >= 15 is 0 Å². The average molecular weight is 339 g/mol. The maximum Gasteiger partial charge on any atom is 0.257 e. The zero-order valence-corrected chi connectivity index (χ0v) is 14.6. The Hall–Kier alpha value is -2.33. The molecule has 124 valence electrons. The molecule has 0 saturated heterocycles. The minimum atomic E-state index is -0.0829. The molecule has 0 spiro atoms. The van der Waals surface area contributed by atoms with E-state index in [0.29, 0.717) is 6.54 Å². The molecule has 4 heteroatoms. The van der Waals surface area contributed by atoms with Crippen LogP contribution in [0, 0.1) is 0 Å². The van der Waals surface area contributed by atoms with Crippen molar-refractivity contribution < 1.29 is 9.53 Å². The van der Waals surface area contributed by atoms with Crippen molar-refractivity contribution in [3.63, 3.8) is 0 Å². The molecule has 0 unspecified atom stereocenters. The van der Waals surface area contributed by atoms with Crippen molar-refractivity contribution in [1.82, 2.24) is 5.32 Å². The van der Waals surface area contributed by atoms with Gasteiger partial charge in [-0.15, -0.1) is 11.3 Å². The van der Waals surface area contributed by atoms with Crippen LogP contribution >= 0.6 is 11.3 Å². The van der Waals surface area contributed by atoms with Crippen LogP contribution in [0.3, 0.4) is 0 Å². The number of carbonyl (C=O) groups is 1. The van der Waals surface area contributed by atoms with Crippen LogP contribution < -0.4 is 10.1 Å². The van der Waals surface area contributed by atoms with Gasteiger partial charge in [-0.1, -0.05) is 43.3 Å². The SMILES string of the molecule is CCc1ccccc1OCC(=O)NCCc1csc2ccccc12. The largest absolute Gasteiger partial charge is 0.483 e. The molecule has 0 fully saturated rings. The van der Waals surface area contributed by atoms with Gasteiger partial charge in [0.1, 0.15) is 5.75 Å². The fraction of sp³-hybridized carbons (Fsp3) is 0.250. The summed E-state index contributed by atoms with van der Waals surface area (Å²) in [5.74, 6) is 0.708. The van der Waals surface area contributed by atoms with Gasteiger partial charge in [-0.3, -0.25) is 4.79 Å². The molecule has 3 aromatic rings. The molecule has 1 heterocycles. The Morgan fingerprint density at radius 3 is 2.75 bits per heavy atom. The van der Waals surface area contributed by atoms with Crippen molar-refractivity contribution in [1.29, 1.82) is 0 Å². The van der Waals surface area contributed by atoms with Crippen molar-refractivity contribution in [2.24, 2.45) is 0 Å². The van der Waals surface area contributed by atoms with Crippen LogP contribution in [0.1, 0.15) is 18.1 Å². The van der Waals surface area contributed by atoms with Crippen molar-refractivity contribution in [2.75, 3.05) is 13.2 Å². The summed E-state index contributed by atoms with van der Waals surface area (Å²) in [7, 11) is 0. The van der Waals surface area contributed by atoms with Gasteiger partial charge >= 0.3 is 0 Å². The van der Waals surface area contributed by atoms with Crippen molar-refractivity contribution in [2.45, 2.75) is 19.8 Å². The first-order valence-electron chi connectivity index (χ1n) is 8.20. The standard InChI is InChI=1S/C20H21NO2S/c1-2-15-7-3-5-9-18(15)23-13-20(22)21-12-11-16-14-24-19-10-6-4-8-17(16)19/h3-10,14H,2,11-13H2,1H3,(H,21,22). The third-order valence-corrected chi connectivity index (χ3v) is 5.00. The predicted molar refractivity (Wildman–Crippen MR) is 99.9 cm³/mol. The van der Waals surface area contributed by atoms with E-state index in [9.17, 15) is 4.79 Å². The smallest absolute Gasteiger partial charge is 0.257 e. The maximum atomic E-state index is 12.0. The minimum Gasteiger partial charge on any atom is -0.483 e. The first-order chi connectivity index (χ1) is 11.8. The summed E-state index contributed by atoms with van der Waals surface area (Å²) >= 11 is 1.75. The molecule has 0 saturated carbocycles. The molecular formula is C20H21NO2S. The Morgan fingerprint density at radius 2 is 1.88 bits per heavy atom. The highest BCUT2D eigenvalue weighted by Gasteiger charge is 2.07. The molecule has 0 aliphatic rings. The molecule has 1 aromatic heterocycles. The number of nitrogens with one attached hydrogen (secondary N) is 1. The second kappa shape index (κ2) is 7.97. The number of para-hydroxylation sites is 1. The summed E-state index contributed by atoms with van der Waals surface area (Å²) in [6.45, 7) is 2.76. The lowest BCUT2D eigenvalue weighted by atomic mass is 10.1. The highest BCUT2D eigenvalue weighted by atomic mass is 32.1. The van der Waals surface area contributed by atoms with Crippen molar-refractivity contribution in [3.05, 3.63) is 65.0 Å². The van der Waals surface area contributed by atoms with Gasteiger partial charge < -0.3 is 10.1 Å². The number of hydrogen-bond donors (Lipinski definition) is 1. The number of rotatable bonds is 7. The van der Waals surface area contributed by atoms with Gasteiger partial charge in [0, 0.05) is 11.2 Å². The van der Waals surface area contributed by atoms with Crippen LogP contribution in [0.5, 0.6) is 5.75 Å². The zero-order chi connectivity index (χ0) is 16.8. The molecule has 1 amide bonds. The summed E-state index contributed by atoms with van der Waals surface area (Å²) in [6, 6.07) is 16.2. The third-order valence-electron chi connectivity index (χ3n) is 3.99. The third kappa shape index (κ3) is 3.95. The summed E-state index contributed by atoms with van der Waals surface area (Å²) < 4.78 is 6.93. The van der Waals surface area contributed by atoms with E-state index < -0.39 is 0 Å². The van der Waals surface area contributed by atoms with E-state index in [1.54, 1.807) is 11.3 Å². The van der Waals surface area contributed by atoms with Gasteiger partial charge in [0.2, 0.25) is 0 Å². The topological polar surface area (TPSA) is 38.3 Å². The lowest BCUT2D eigenvalue weighted by Crippen LogP contribution is -2.30. The Labute approximate surface area is 146 Å². The number of ether oxygens (including phenoxy) is 1. The van der Waals surface area contributed by atoms with Crippen LogP contribution in [0.2, 0.25) is 0 Å². The zero-order valence-electron chi connectivity index (χ0n) is 13.7. The number of benzene rings is 2. The van der Waals surface area contributed by atoms with Crippen molar-refractivity contribution in [3.8, 4) is 5.75 Å². The average Bonchev–Trinajstić information content (AvgIpc) is 3.03. The van der Waals surface area contributed by atoms with Crippen LogP contribution in [0.15, 0.2) is 53.9 Å². The lowest BCUT2D eigenvalue weighted by Gasteiger charge is -2.10. The molecule has 0 aliphatic heterocycles. The molecule has 0 aliphatic carbocycles. The molecule has 1 N–H and O–H groups in total. The van der Waals surface area contributed by atoms with E-state index in [2.05, 4.69) is 41.9 Å². The number of hydrogen-bond acceptors (Lipinski definition) is 3. The van der Waals surface area contributed by atoms with Crippen molar-refractivity contribution >= 4 is 27.3 Å². The van der Waals surface area contributed by atoms with E-state index in [0.717, 1.165) is 24.2 Å². The Kier molecular flexibility index (Phi) is 5.49. The van der Waals surface area contributed by atoms with E-state index in [1.165, 1.54) is 15.6 Å². The summed E-state index contributed by atoms with van der Waals surface area (Å²) in [6.07, 6.45) is 1.73. The Bertz CT molecular complexity index is 825. The van der Waals surface area contributed by atoms with Gasteiger partial charge in [0.25, 0.3) is 5.91 Å². The second-order valence-corrected chi connectivity index (χ2v) is 6.52. The number of carbonyl (C=O) groups excluding carboxylic acids is 1. The number of thiophene rings is 1.